The van der Waals surface area contributed by atoms with Gasteiger partial charge in [-0.3, -0.25) is 10.3 Å². The fourth-order valence-electron chi connectivity index (χ4n) is 0.791. The van der Waals surface area contributed by atoms with Crippen molar-refractivity contribution < 1.29 is 4.79 Å². The predicted octanol–water partition coefficient (Wildman–Crippen LogP) is -1.53. The number of nitrogens with two attached hydrogens (primary N) is 1. The van der Waals surface area contributed by atoms with Crippen LogP contribution < -0.4 is 11.2 Å². The number of hydrogen-bond donors (Lipinski definition) is 3. The molecule has 1 heterocycles. The van der Waals surface area contributed by atoms with Crippen molar-refractivity contribution in [1.29, 1.82) is 0 Å². The molecular weight excluding hydrogens is 200 g/mol. The van der Waals surface area contributed by atoms with Gasteiger partial charge in [0.1, 0.15) is 0 Å². The minimum absolute atomic E-state index is 0.0975. The Morgan fingerprint density at radius 2 is 2.27 bits per heavy atom. The van der Waals surface area contributed by atoms with Crippen molar-refractivity contribution in [2.45, 2.75) is 0 Å². The Morgan fingerprint density at radius 3 is 2.80 bits per heavy atom. The molecule has 0 saturated heterocycles. The zero-order valence-corrected chi connectivity index (χ0v) is 8.64. The van der Waals surface area contributed by atoms with Gasteiger partial charge in [-0.1, -0.05) is 5.10 Å². The average molecular weight is 214 g/mol. The molecule has 1 rings (SSSR count). The predicted molar refractivity (Wildman–Crippen MR) is 52.6 cm³/mol. The van der Waals surface area contributed by atoms with Crippen molar-refractivity contribution in [3.05, 3.63) is 0 Å². The largest absolute Gasteiger partial charge is 0.338 e. The third kappa shape index (κ3) is 3.87. The molecule has 0 aliphatic rings. The van der Waals surface area contributed by atoms with Gasteiger partial charge in [-0.15, -0.1) is 5.10 Å². The molecule has 0 radical (unpaired) electrons. The van der Waals surface area contributed by atoms with Gasteiger partial charge in [-0.2, -0.15) is 5.21 Å². The first kappa shape index (κ1) is 11.3. The third-order valence-corrected chi connectivity index (χ3v) is 1.61. The Hall–Kier alpha value is -1.74. The van der Waals surface area contributed by atoms with E-state index in [4.69, 9.17) is 5.84 Å². The molecule has 1 aromatic heterocycles. The number of nitrogens with one attached hydrogen (secondary N) is 2. The van der Waals surface area contributed by atoms with Crippen LogP contribution in [0.25, 0.3) is 0 Å². The molecule has 1 aromatic rings. The Kier molecular flexibility index (Phi) is 3.94. The first-order valence-corrected chi connectivity index (χ1v) is 4.31. The minimum Gasteiger partial charge on any atom is -0.308 e. The second-order valence-corrected chi connectivity index (χ2v) is 3.16. The van der Waals surface area contributed by atoms with Crippen LogP contribution in [0.1, 0.15) is 0 Å². The molecule has 0 spiro atoms. The van der Waals surface area contributed by atoms with E-state index in [1.807, 2.05) is 19.0 Å². The zero-order chi connectivity index (χ0) is 11.3. The summed E-state index contributed by atoms with van der Waals surface area (Å²) in [6.07, 6.45) is 0. The van der Waals surface area contributed by atoms with Gasteiger partial charge >= 0.3 is 6.03 Å². The van der Waals surface area contributed by atoms with E-state index in [0.29, 0.717) is 13.1 Å². The van der Waals surface area contributed by atoms with Crippen molar-refractivity contribution >= 4 is 12.0 Å². The third-order valence-electron chi connectivity index (χ3n) is 1.61. The van der Waals surface area contributed by atoms with E-state index in [9.17, 15) is 4.79 Å². The van der Waals surface area contributed by atoms with Crippen LogP contribution in [-0.4, -0.2) is 63.7 Å². The molecule has 2 amide bonds. The Morgan fingerprint density at radius 1 is 1.53 bits per heavy atom. The van der Waals surface area contributed by atoms with E-state index >= 15 is 0 Å². The number of anilines is 1. The quantitative estimate of drug-likeness (QED) is 0.318. The number of nitrogens with zero attached hydrogens (tertiary/aromatic N) is 5. The number of aromatic amines is 1. The lowest BCUT2D eigenvalue weighted by molar-refractivity contribution is 0.206. The lowest BCUT2D eigenvalue weighted by atomic mass is 10.5. The van der Waals surface area contributed by atoms with Crippen molar-refractivity contribution in [2.75, 3.05) is 32.5 Å². The summed E-state index contributed by atoms with van der Waals surface area (Å²) in [6.45, 7) is 1.09. The normalized spacial score (nSPS) is 10.4. The maximum atomic E-state index is 11.4. The molecule has 0 atom stereocenters. The molecule has 0 aromatic carbocycles. The standard InChI is InChI=1S/C6H14N8O/c1-13(2)3-4-14(7)6(15)8-5-9-11-12-10-5/h3-4,7H2,1-2H3,(H2,8,9,10,11,12,15). The number of hydrazine groups is 1. The molecule has 9 heteroatoms. The summed E-state index contributed by atoms with van der Waals surface area (Å²) >= 11 is 0. The first-order chi connectivity index (χ1) is 7.09. The molecule has 15 heavy (non-hydrogen) atoms. The van der Waals surface area contributed by atoms with Gasteiger partial charge in [0.05, 0.1) is 6.54 Å². The zero-order valence-electron chi connectivity index (χ0n) is 8.64. The van der Waals surface area contributed by atoms with E-state index < -0.39 is 6.03 Å². The smallest absolute Gasteiger partial charge is 0.308 e. The monoisotopic (exact) mass is 214 g/mol. The van der Waals surface area contributed by atoms with Crippen LogP contribution in [0.15, 0.2) is 0 Å². The van der Waals surface area contributed by atoms with E-state index in [1.165, 1.54) is 0 Å². The number of likely N-dealkylation sites (N-methyl/N-ethyl adjacent to an activating group) is 1. The van der Waals surface area contributed by atoms with Crippen LogP contribution >= 0.6 is 0 Å². The van der Waals surface area contributed by atoms with Gasteiger partial charge in [0.15, 0.2) is 0 Å². The number of amides is 2. The van der Waals surface area contributed by atoms with Crippen LogP contribution in [0, 0.1) is 0 Å². The average Bonchev–Trinajstić information content (AvgIpc) is 2.66. The summed E-state index contributed by atoms with van der Waals surface area (Å²) in [6, 6.07) is -0.474. The number of aromatic nitrogens is 4. The van der Waals surface area contributed by atoms with Gasteiger partial charge in [0.25, 0.3) is 5.95 Å². The van der Waals surface area contributed by atoms with E-state index in [1.54, 1.807) is 0 Å². The van der Waals surface area contributed by atoms with Gasteiger partial charge < -0.3 is 4.90 Å². The molecule has 0 fully saturated rings. The number of urea groups is 1. The lowest BCUT2D eigenvalue weighted by Crippen LogP contribution is -2.44. The molecular formula is C6H14N8O. The Balaban J connectivity index is 2.33. The van der Waals surface area contributed by atoms with Gasteiger partial charge in [-0.25, -0.2) is 10.6 Å². The number of carbonyl (C=O) groups excluding carboxylic acids is 1. The fourth-order valence-corrected chi connectivity index (χ4v) is 0.791. The summed E-state index contributed by atoms with van der Waals surface area (Å²) in [5.74, 6) is 5.59. The van der Waals surface area contributed by atoms with E-state index in [-0.39, 0.29) is 5.95 Å². The molecule has 84 valence electrons. The van der Waals surface area contributed by atoms with Gasteiger partial charge in [0.2, 0.25) is 0 Å². The highest BCUT2D eigenvalue weighted by atomic mass is 16.2. The lowest BCUT2D eigenvalue weighted by Gasteiger charge is -2.18. The van der Waals surface area contributed by atoms with Crippen LogP contribution in [-0.2, 0) is 0 Å². The summed E-state index contributed by atoms with van der Waals surface area (Å²) in [5, 5.41) is 16.1. The fraction of sp³-hybridized carbons (Fsp3) is 0.667. The summed E-state index contributed by atoms with van der Waals surface area (Å²) < 4.78 is 0. The van der Waals surface area contributed by atoms with Crippen LogP contribution in [0.4, 0.5) is 10.7 Å². The molecule has 4 N–H and O–H groups in total. The molecule has 0 unspecified atom stereocenters. The molecule has 0 aliphatic carbocycles. The topological polar surface area (TPSA) is 116 Å². The van der Waals surface area contributed by atoms with Crippen molar-refractivity contribution in [3.8, 4) is 0 Å². The van der Waals surface area contributed by atoms with E-state index in [0.717, 1.165) is 5.01 Å². The highest BCUT2D eigenvalue weighted by molar-refractivity contribution is 5.86. The molecule has 0 saturated carbocycles. The number of carbonyl (C=O) groups is 1. The van der Waals surface area contributed by atoms with Crippen molar-refractivity contribution in [1.82, 2.24) is 30.5 Å². The SMILES string of the molecule is CN(C)CCN(N)C(=O)Nc1nn[nH]n1. The van der Waals surface area contributed by atoms with Gasteiger partial charge in [-0.05, 0) is 19.3 Å². The highest BCUT2D eigenvalue weighted by Crippen LogP contribution is 1.92. The first-order valence-electron chi connectivity index (χ1n) is 4.31. The highest BCUT2D eigenvalue weighted by Gasteiger charge is 2.11. The molecule has 9 nitrogen and oxygen atoms in total. The maximum Gasteiger partial charge on any atom is 0.338 e. The van der Waals surface area contributed by atoms with Crippen molar-refractivity contribution in [2.24, 2.45) is 5.84 Å². The number of H-pyrrole nitrogens is 1. The number of rotatable bonds is 4. The Bertz CT molecular complexity index is 296. The minimum atomic E-state index is -0.474. The summed E-state index contributed by atoms with van der Waals surface area (Å²) in [7, 11) is 3.79. The van der Waals surface area contributed by atoms with Crippen LogP contribution in [0.2, 0.25) is 0 Å². The van der Waals surface area contributed by atoms with Crippen LogP contribution in [0.5, 0.6) is 0 Å². The number of hydrogen-bond acceptors (Lipinski definition) is 6. The summed E-state index contributed by atoms with van der Waals surface area (Å²) in [4.78, 5) is 13.3. The maximum absolute atomic E-state index is 11.4. The Labute approximate surface area is 86.6 Å². The van der Waals surface area contributed by atoms with Gasteiger partial charge in [0, 0.05) is 6.54 Å². The van der Waals surface area contributed by atoms with E-state index in [2.05, 4.69) is 25.9 Å². The number of tetrazole rings is 1. The van der Waals surface area contributed by atoms with Crippen molar-refractivity contribution in [3.63, 3.8) is 0 Å². The molecule has 0 bridgehead atoms. The second kappa shape index (κ2) is 5.22. The summed E-state index contributed by atoms with van der Waals surface area (Å²) in [5.41, 5.74) is 0. The van der Waals surface area contributed by atoms with Crippen LogP contribution in [0.3, 0.4) is 0 Å². The second-order valence-electron chi connectivity index (χ2n) is 3.16. The molecule has 0 aliphatic heterocycles.